The predicted octanol–water partition coefficient (Wildman–Crippen LogP) is 4.13. The van der Waals surface area contributed by atoms with Gasteiger partial charge in [-0.1, -0.05) is 32.6 Å². The van der Waals surface area contributed by atoms with Crippen LogP contribution in [0.15, 0.2) is 12.2 Å². The van der Waals surface area contributed by atoms with E-state index in [4.69, 9.17) is 0 Å². The minimum atomic E-state index is -0.624. The first-order valence-electron chi connectivity index (χ1n) is 4.26. The summed E-state index contributed by atoms with van der Waals surface area (Å²) in [4.78, 5) is 0. The zero-order valence-electron chi connectivity index (χ0n) is 7.08. The maximum Gasteiger partial charge on any atom is 0.128 e. The maximum atomic E-state index is 12.1. The molecule has 0 aromatic rings. The van der Waals surface area contributed by atoms with Crippen LogP contribution in [-0.2, 0) is 0 Å². The number of rotatable bonds is 6. The van der Waals surface area contributed by atoms with Gasteiger partial charge < -0.3 is 0 Å². The van der Waals surface area contributed by atoms with E-state index in [0.717, 1.165) is 19.3 Å². The second-order valence-electron chi connectivity index (χ2n) is 2.72. The summed E-state index contributed by atoms with van der Waals surface area (Å²) < 4.78 is 23.6. The second-order valence-corrected chi connectivity index (χ2v) is 2.72. The highest BCUT2D eigenvalue weighted by Gasteiger charge is 1.94. The lowest BCUT2D eigenvalue weighted by atomic mass is 10.1. The molecule has 0 saturated heterocycles. The summed E-state index contributed by atoms with van der Waals surface area (Å²) in [6.45, 7) is 2.13. The van der Waals surface area contributed by atoms with Gasteiger partial charge in [-0.3, -0.25) is 0 Å². The lowest BCUT2D eigenvalue weighted by molar-refractivity contribution is 0.519. The molecule has 0 aromatic carbocycles. The van der Waals surface area contributed by atoms with Crippen LogP contribution in [0.3, 0.4) is 0 Å². The maximum absolute atomic E-state index is 12.1. The molecule has 66 valence electrons. The predicted molar refractivity (Wildman–Crippen MR) is 43.7 cm³/mol. The summed E-state index contributed by atoms with van der Waals surface area (Å²) in [5.41, 5.74) is 0. The van der Waals surface area contributed by atoms with Gasteiger partial charge in [-0.15, -0.1) is 0 Å². The molecule has 0 heterocycles. The summed E-state index contributed by atoms with van der Waals surface area (Å²) in [5, 5.41) is 0. The topological polar surface area (TPSA) is 0 Å². The molecule has 0 unspecified atom stereocenters. The highest BCUT2D eigenvalue weighted by Crippen LogP contribution is 2.11. The van der Waals surface area contributed by atoms with Gasteiger partial charge in [-0.05, 0) is 6.42 Å². The second kappa shape index (κ2) is 7.70. The summed E-state index contributed by atoms with van der Waals surface area (Å²) in [6, 6.07) is 0. The number of hydrogen-bond donors (Lipinski definition) is 0. The SMILES string of the molecule is CCCCCCC/C(F)=C/F. The summed E-state index contributed by atoms with van der Waals surface area (Å²) in [5.74, 6) is -0.624. The Labute approximate surface area is 67.3 Å². The third-order valence-corrected chi connectivity index (χ3v) is 1.64. The molecular weight excluding hydrogens is 146 g/mol. The molecule has 0 bridgehead atoms. The average Bonchev–Trinajstić information content (AvgIpc) is 2.04. The molecule has 0 fully saturated rings. The van der Waals surface area contributed by atoms with Gasteiger partial charge in [0.15, 0.2) is 0 Å². The Balaban J connectivity index is 3.02. The van der Waals surface area contributed by atoms with Crippen molar-refractivity contribution in [3.63, 3.8) is 0 Å². The van der Waals surface area contributed by atoms with Gasteiger partial charge in [0, 0.05) is 6.42 Å². The smallest absolute Gasteiger partial charge is 0.128 e. The van der Waals surface area contributed by atoms with Crippen molar-refractivity contribution in [2.24, 2.45) is 0 Å². The lowest BCUT2D eigenvalue weighted by Crippen LogP contribution is -1.78. The van der Waals surface area contributed by atoms with Crippen LogP contribution in [0.4, 0.5) is 8.78 Å². The summed E-state index contributed by atoms with van der Waals surface area (Å²) >= 11 is 0. The van der Waals surface area contributed by atoms with Gasteiger partial charge in [-0.2, -0.15) is 0 Å². The molecule has 0 atom stereocenters. The van der Waals surface area contributed by atoms with E-state index in [1.165, 1.54) is 12.8 Å². The quantitative estimate of drug-likeness (QED) is 0.515. The van der Waals surface area contributed by atoms with E-state index in [9.17, 15) is 8.78 Å². The normalized spacial score (nSPS) is 12.1. The molecule has 0 radical (unpaired) electrons. The van der Waals surface area contributed by atoms with Crippen LogP contribution in [0.25, 0.3) is 0 Å². The number of unbranched alkanes of at least 4 members (excludes halogenated alkanes) is 4. The van der Waals surface area contributed by atoms with Crippen molar-refractivity contribution < 1.29 is 8.78 Å². The van der Waals surface area contributed by atoms with Gasteiger partial charge >= 0.3 is 0 Å². The number of hydrogen-bond acceptors (Lipinski definition) is 0. The van der Waals surface area contributed by atoms with Crippen LogP contribution in [-0.4, -0.2) is 0 Å². The van der Waals surface area contributed by atoms with Crippen molar-refractivity contribution in [1.82, 2.24) is 0 Å². The fourth-order valence-electron chi connectivity index (χ4n) is 0.952. The van der Waals surface area contributed by atoms with Crippen LogP contribution in [0.1, 0.15) is 45.4 Å². The third kappa shape index (κ3) is 7.50. The fraction of sp³-hybridized carbons (Fsp3) is 0.778. The van der Waals surface area contributed by atoms with Crippen molar-refractivity contribution in [2.75, 3.05) is 0 Å². The van der Waals surface area contributed by atoms with E-state index in [0.29, 0.717) is 0 Å². The first-order chi connectivity index (χ1) is 5.31. The molecule has 0 saturated carbocycles. The molecule has 0 N–H and O–H groups in total. The van der Waals surface area contributed by atoms with Crippen LogP contribution in [0.2, 0.25) is 0 Å². The first-order valence-corrected chi connectivity index (χ1v) is 4.26. The minimum Gasteiger partial charge on any atom is -0.213 e. The van der Waals surface area contributed by atoms with Crippen LogP contribution >= 0.6 is 0 Å². The van der Waals surface area contributed by atoms with Crippen molar-refractivity contribution in [3.8, 4) is 0 Å². The average molecular weight is 162 g/mol. The number of halogens is 2. The monoisotopic (exact) mass is 162 g/mol. The van der Waals surface area contributed by atoms with E-state index < -0.39 is 5.83 Å². The van der Waals surface area contributed by atoms with Gasteiger partial charge in [0.25, 0.3) is 0 Å². The van der Waals surface area contributed by atoms with Crippen molar-refractivity contribution >= 4 is 0 Å². The van der Waals surface area contributed by atoms with E-state index in [-0.39, 0.29) is 12.8 Å². The van der Waals surface area contributed by atoms with Gasteiger partial charge in [0.05, 0.1) is 0 Å². The molecule has 0 nitrogen and oxygen atoms in total. The molecule has 0 rings (SSSR count). The molecule has 0 aliphatic carbocycles. The Morgan fingerprint density at radius 3 is 2.36 bits per heavy atom. The van der Waals surface area contributed by atoms with E-state index in [1.807, 2.05) is 0 Å². The standard InChI is InChI=1S/C9H16F2/c1-2-3-4-5-6-7-9(11)8-10/h8H,2-7H2,1H3/b9-8-. The van der Waals surface area contributed by atoms with Crippen LogP contribution in [0.5, 0.6) is 0 Å². The highest BCUT2D eigenvalue weighted by molar-refractivity contribution is 4.83. The van der Waals surface area contributed by atoms with Crippen LogP contribution < -0.4 is 0 Å². The lowest BCUT2D eigenvalue weighted by Gasteiger charge is -1.96. The van der Waals surface area contributed by atoms with Gasteiger partial charge in [0.2, 0.25) is 0 Å². The fourth-order valence-corrected chi connectivity index (χ4v) is 0.952. The van der Waals surface area contributed by atoms with Crippen molar-refractivity contribution in [2.45, 2.75) is 45.4 Å². The van der Waals surface area contributed by atoms with Crippen molar-refractivity contribution in [1.29, 1.82) is 0 Å². The molecule has 0 amide bonds. The molecule has 2 heteroatoms. The minimum absolute atomic E-state index is 0.0554. The Kier molecular flexibility index (Phi) is 7.42. The van der Waals surface area contributed by atoms with Crippen molar-refractivity contribution in [3.05, 3.63) is 12.2 Å². The largest absolute Gasteiger partial charge is 0.213 e. The molecule has 11 heavy (non-hydrogen) atoms. The Bertz CT molecular complexity index is 108. The zero-order chi connectivity index (χ0) is 8.53. The van der Waals surface area contributed by atoms with Crippen LogP contribution in [0, 0.1) is 0 Å². The molecule has 0 aromatic heterocycles. The molecule has 0 aliphatic rings. The summed E-state index contributed by atoms with van der Waals surface area (Å²) in [6.07, 6.45) is 5.61. The summed E-state index contributed by atoms with van der Waals surface area (Å²) in [7, 11) is 0. The van der Waals surface area contributed by atoms with E-state index >= 15 is 0 Å². The number of allylic oxidation sites excluding steroid dienone is 1. The van der Waals surface area contributed by atoms with E-state index in [2.05, 4.69) is 6.92 Å². The highest BCUT2D eigenvalue weighted by atomic mass is 19.2. The Morgan fingerprint density at radius 1 is 1.18 bits per heavy atom. The van der Waals surface area contributed by atoms with Gasteiger partial charge in [0.1, 0.15) is 12.2 Å². The third-order valence-electron chi connectivity index (χ3n) is 1.64. The van der Waals surface area contributed by atoms with E-state index in [1.54, 1.807) is 0 Å². The molecule has 0 aliphatic heterocycles. The molecular formula is C9H16F2. The Morgan fingerprint density at radius 2 is 1.82 bits per heavy atom. The Hall–Kier alpha value is -0.400. The molecule has 0 spiro atoms. The zero-order valence-corrected chi connectivity index (χ0v) is 7.08. The first kappa shape index (κ1) is 10.6. The van der Waals surface area contributed by atoms with Gasteiger partial charge in [-0.25, -0.2) is 8.78 Å².